The second kappa shape index (κ2) is 5.86. The summed E-state index contributed by atoms with van der Waals surface area (Å²) in [7, 11) is 0. The summed E-state index contributed by atoms with van der Waals surface area (Å²) >= 11 is 5.06. The molecule has 0 fully saturated rings. The zero-order chi connectivity index (χ0) is 8.10. The quantitative estimate of drug-likeness (QED) is 0.710. The first-order valence-electron chi connectivity index (χ1n) is 3.15. The number of carbonyl (C=O) groups is 1. The molecule has 0 N–H and O–H groups in total. The largest absolute Gasteiger partial charge is 0.484 e. The lowest BCUT2D eigenvalue weighted by atomic mass is 10.3. The first kappa shape index (κ1) is 11.3. The topological polar surface area (TPSA) is 26.3 Å². The average molecular weight is 207 g/mol. The zero-order valence-electron chi connectivity index (χ0n) is 6.20. The van der Waals surface area contributed by atoms with E-state index in [1.807, 2.05) is 18.2 Å². The smallest absolute Gasteiger partial charge is 0.259 e. The van der Waals surface area contributed by atoms with Crippen LogP contribution in [0.1, 0.15) is 0 Å². The van der Waals surface area contributed by atoms with Crippen molar-refractivity contribution in [1.29, 1.82) is 0 Å². The minimum Gasteiger partial charge on any atom is -0.484 e. The third kappa shape index (κ3) is 4.21. The number of carbonyl (C=O) groups excluding carboxylic acids is 1. The highest BCUT2D eigenvalue weighted by Gasteiger charge is 1.95. The van der Waals surface area contributed by atoms with Crippen LogP contribution >= 0.6 is 24.0 Å². The Morgan fingerprint density at radius 1 is 1.33 bits per heavy atom. The van der Waals surface area contributed by atoms with Gasteiger partial charge in [-0.3, -0.25) is 4.79 Å². The SMILES string of the molecule is Cl.O=C(Cl)COc1ccccc1. The lowest BCUT2D eigenvalue weighted by Gasteiger charge is -2.00. The molecule has 0 aromatic heterocycles. The summed E-state index contributed by atoms with van der Waals surface area (Å²) < 4.78 is 4.99. The Morgan fingerprint density at radius 3 is 2.42 bits per heavy atom. The molecule has 1 rings (SSSR count). The second-order valence-electron chi connectivity index (χ2n) is 1.96. The van der Waals surface area contributed by atoms with Crippen molar-refractivity contribution >= 4 is 29.3 Å². The number of benzene rings is 1. The summed E-state index contributed by atoms with van der Waals surface area (Å²) in [5.41, 5.74) is 0. The molecule has 0 aliphatic carbocycles. The molecule has 0 bridgehead atoms. The molecule has 4 heteroatoms. The molecule has 0 aliphatic heterocycles. The first-order chi connectivity index (χ1) is 5.29. The fraction of sp³-hybridized carbons (Fsp3) is 0.125. The van der Waals surface area contributed by atoms with Crippen molar-refractivity contribution in [3.63, 3.8) is 0 Å². The van der Waals surface area contributed by atoms with E-state index in [9.17, 15) is 4.79 Å². The lowest BCUT2D eigenvalue weighted by molar-refractivity contribution is -0.113. The van der Waals surface area contributed by atoms with Gasteiger partial charge < -0.3 is 4.74 Å². The molecule has 0 amide bonds. The minimum atomic E-state index is -0.492. The average Bonchev–Trinajstić information content (AvgIpc) is 2.03. The summed E-state index contributed by atoms with van der Waals surface area (Å²) in [6, 6.07) is 9.05. The summed E-state index contributed by atoms with van der Waals surface area (Å²) in [5, 5.41) is -0.492. The van der Waals surface area contributed by atoms with Gasteiger partial charge in [0.2, 0.25) is 0 Å². The normalized spacial score (nSPS) is 8.42. The van der Waals surface area contributed by atoms with Gasteiger partial charge in [-0.25, -0.2) is 0 Å². The van der Waals surface area contributed by atoms with E-state index < -0.39 is 5.24 Å². The van der Waals surface area contributed by atoms with Crippen molar-refractivity contribution in [3.8, 4) is 5.75 Å². The van der Waals surface area contributed by atoms with Gasteiger partial charge in [0.25, 0.3) is 5.24 Å². The maximum atomic E-state index is 10.3. The van der Waals surface area contributed by atoms with Gasteiger partial charge >= 0.3 is 0 Å². The Kier molecular flexibility index (Phi) is 5.51. The molecule has 1 aromatic carbocycles. The molecule has 0 saturated heterocycles. The van der Waals surface area contributed by atoms with E-state index in [0.717, 1.165) is 0 Å². The van der Waals surface area contributed by atoms with Gasteiger partial charge in [-0.05, 0) is 23.7 Å². The van der Waals surface area contributed by atoms with Gasteiger partial charge in [0.1, 0.15) is 5.75 Å². The van der Waals surface area contributed by atoms with Crippen LogP contribution in [-0.2, 0) is 4.79 Å². The molecule has 0 spiro atoms. The van der Waals surface area contributed by atoms with Crippen LogP contribution in [0.4, 0.5) is 0 Å². The number of hydrogen-bond acceptors (Lipinski definition) is 2. The third-order valence-electron chi connectivity index (χ3n) is 1.10. The van der Waals surface area contributed by atoms with Crippen LogP contribution in [0.25, 0.3) is 0 Å². The van der Waals surface area contributed by atoms with E-state index in [2.05, 4.69) is 0 Å². The van der Waals surface area contributed by atoms with Crippen molar-refractivity contribution < 1.29 is 9.53 Å². The fourth-order valence-electron chi connectivity index (χ4n) is 0.657. The molecule has 2 nitrogen and oxygen atoms in total. The molecule has 12 heavy (non-hydrogen) atoms. The van der Waals surface area contributed by atoms with Gasteiger partial charge in [-0.2, -0.15) is 0 Å². The summed E-state index contributed by atoms with van der Waals surface area (Å²) in [6.07, 6.45) is 0. The molecule has 0 unspecified atom stereocenters. The Labute approximate surface area is 81.9 Å². The van der Waals surface area contributed by atoms with Crippen LogP contribution in [0.3, 0.4) is 0 Å². The van der Waals surface area contributed by atoms with E-state index >= 15 is 0 Å². The second-order valence-corrected chi connectivity index (χ2v) is 2.38. The number of rotatable bonds is 3. The van der Waals surface area contributed by atoms with Gasteiger partial charge in [-0.15, -0.1) is 12.4 Å². The zero-order valence-corrected chi connectivity index (χ0v) is 7.77. The maximum Gasteiger partial charge on any atom is 0.259 e. The molecule has 0 radical (unpaired) electrons. The fourth-order valence-corrected chi connectivity index (χ4v) is 0.711. The molecule has 0 saturated carbocycles. The van der Waals surface area contributed by atoms with Gasteiger partial charge in [0.15, 0.2) is 6.61 Å². The van der Waals surface area contributed by atoms with Crippen LogP contribution in [0.2, 0.25) is 0 Å². The molecular formula is C8H8Cl2O2. The highest BCUT2D eigenvalue weighted by Crippen LogP contribution is 2.07. The van der Waals surface area contributed by atoms with Gasteiger partial charge in [0.05, 0.1) is 0 Å². The van der Waals surface area contributed by atoms with E-state index in [1.165, 1.54) is 0 Å². The molecule has 0 aliphatic rings. The first-order valence-corrected chi connectivity index (χ1v) is 3.53. The standard InChI is InChI=1S/C8H7ClO2.ClH/c9-8(10)6-11-7-4-2-1-3-5-7;/h1-5H,6H2;1H. The molecule has 66 valence electrons. The van der Waals surface area contributed by atoms with Gasteiger partial charge in [-0.1, -0.05) is 18.2 Å². The Hall–Kier alpha value is -0.730. The van der Waals surface area contributed by atoms with Crippen LogP contribution in [0, 0.1) is 0 Å². The molecule has 1 aromatic rings. The third-order valence-corrected chi connectivity index (χ3v) is 1.20. The van der Waals surface area contributed by atoms with Crippen LogP contribution in [0.15, 0.2) is 30.3 Å². The van der Waals surface area contributed by atoms with E-state index in [4.69, 9.17) is 16.3 Å². The van der Waals surface area contributed by atoms with Crippen LogP contribution in [-0.4, -0.2) is 11.8 Å². The van der Waals surface area contributed by atoms with Crippen molar-refractivity contribution in [2.45, 2.75) is 0 Å². The maximum absolute atomic E-state index is 10.3. The van der Waals surface area contributed by atoms with Crippen molar-refractivity contribution in [2.75, 3.05) is 6.61 Å². The Balaban J connectivity index is 0.00000121. The van der Waals surface area contributed by atoms with E-state index in [1.54, 1.807) is 12.1 Å². The van der Waals surface area contributed by atoms with E-state index in [0.29, 0.717) is 5.75 Å². The molecule has 0 heterocycles. The predicted octanol–water partition coefficient (Wildman–Crippen LogP) is 2.25. The molecule has 0 atom stereocenters. The Bertz CT molecular complexity index is 236. The van der Waals surface area contributed by atoms with Crippen LogP contribution < -0.4 is 4.74 Å². The van der Waals surface area contributed by atoms with Crippen LogP contribution in [0.5, 0.6) is 5.75 Å². The number of hydrogen-bond donors (Lipinski definition) is 0. The van der Waals surface area contributed by atoms with Crippen molar-refractivity contribution in [1.82, 2.24) is 0 Å². The number of para-hydroxylation sites is 1. The predicted molar refractivity (Wildman–Crippen MR) is 50.0 cm³/mol. The highest BCUT2D eigenvalue weighted by atomic mass is 35.5. The number of ether oxygens (including phenoxy) is 1. The monoisotopic (exact) mass is 206 g/mol. The summed E-state index contributed by atoms with van der Waals surface area (Å²) in [6.45, 7) is -0.0778. The summed E-state index contributed by atoms with van der Waals surface area (Å²) in [4.78, 5) is 10.3. The Morgan fingerprint density at radius 2 is 1.92 bits per heavy atom. The molecular weight excluding hydrogens is 199 g/mol. The van der Waals surface area contributed by atoms with Crippen molar-refractivity contribution in [2.24, 2.45) is 0 Å². The number of halogens is 2. The van der Waals surface area contributed by atoms with Gasteiger partial charge in [0, 0.05) is 0 Å². The van der Waals surface area contributed by atoms with E-state index in [-0.39, 0.29) is 19.0 Å². The van der Waals surface area contributed by atoms with Crippen molar-refractivity contribution in [3.05, 3.63) is 30.3 Å². The lowest BCUT2D eigenvalue weighted by Crippen LogP contribution is -2.03. The summed E-state index contributed by atoms with van der Waals surface area (Å²) in [5.74, 6) is 0.654. The minimum absolute atomic E-state index is 0. The highest BCUT2D eigenvalue weighted by molar-refractivity contribution is 6.63.